The number of nitrogens with two attached hydrogens (primary N) is 1. The highest BCUT2D eigenvalue weighted by Gasteiger charge is 2.49. The fourth-order valence-corrected chi connectivity index (χ4v) is 9.36. The van der Waals surface area contributed by atoms with E-state index < -0.39 is 34.9 Å². The molecule has 6 heterocycles. The number of fused-ring (bicyclic) bond motifs is 3. The molecule has 0 unspecified atom stereocenters. The number of rotatable bonds is 6. The van der Waals surface area contributed by atoms with Crippen molar-refractivity contribution in [2.45, 2.75) is 49.9 Å². The number of hydrogen-bond acceptors (Lipinski definition) is 11. The first-order chi connectivity index (χ1) is 24.8. The van der Waals surface area contributed by atoms with E-state index in [0.717, 1.165) is 35.4 Å². The van der Waals surface area contributed by atoms with Gasteiger partial charge in [0.05, 0.1) is 26.4 Å². The van der Waals surface area contributed by atoms with Crippen molar-refractivity contribution in [2.24, 2.45) is 0 Å². The van der Waals surface area contributed by atoms with Gasteiger partial charge >= 0.3 is 12.0 Å². The molecule has 1 amide bonds. The molecular formula is C34H31Cl2F3N10O2S. The van der Waals surface area contributed by atoms with Gasteiger partial charge in [-0.3, -0.25) is 4.90 Å². The number of thiophene rings is 1. The molecule has 0 radical (unpaired) electrons. The molecule has 8 rings (SSSR count). The van der Waals surface area contributed by atoms with Crippen LogP contribution in [0.4, 0.5) is 28.8 Å². The number of halogens is 5. The Morgan fingerprint density at radius 2 is 2.06 bits per heavy atom. The minimum atomic E-state index is -0.980. The highest BCUT2D eigenvalue weighted by Crippen LogP contribution is 2.47. The first-order valence-electron chi connectivity index (χ1n) is 16.6. The Morgan fingerprint density at radius 1 is 1.25 bits per heavy atom. The van der Waals surface area contributed by atoms with Gasteiger partial charge in [0.2, 0.25) is 5.28 Å². The summed E-state index contributed by atoms with van der Waals surface area (Å²) in [5, 5.41) is 14.3. The first kappa shape index (κ1) is 34.6. The van der Waals surface area contributed by atoms with E-state index in [0.29, 0.717) is 31.7 Å². The van der Waals surface area contributed by atoms with Crippen LogP contribution in [0.2, 0.25) is 10.3 Å². The molecule has 3 aliphatic heterocycles. The molecule has 0 saturated carbocycles. The van der Waals surface area contributed by atoms with Gasteiger partial charge in [-0.1, -0.05) is 17.7 Å². The SMILES string of the molecule is CN(C(=O)n1cnc(Cl)n1)[C@@]1(C)CCN(c2nc(OC[C@@]34CCCN3C[C@H](F)C4)nc3c(F)c(-c4ccc(F)c5sc(N)c(C#N)c45)c(Cl)cc23)C1. The zero-order valence-corrected chi connectivity index (χ0v) is 30.3. The van der Waals surface area contributed by atoms with Crippen molar-refractivity contribution in [3.05, 3.63) is 52.0 Å². The van der Waals surface area contributed by atoms with Crippen LogP contribution in [0.1, 0.15) is 38.2 Å². The van der Waals surface area contributed by atoms with Gasteiger partial charge in [-0.15, -0.1) is 16.4 Å². The van der Waals surface area contributed by atoms with Crippen LogP contribution in [-0.2, 0) is 0 Å². The number of benzene rings is 2. The largest absolute Gasteiger partial charge is 0.461 e. The Balaban J connectivity index is 1.24. The lowest BCUT2D eigenvalue weighted by Gasteiger charge is -2.35. The lowest BCUT2D eigenvalue weighted by molar-refractivity contribution is 0.107. The van der Waals surface area contributed by atoms with Gasteiger partial charge in [-0.2, -0.15) is 19.9 Å². The second kappa shape index (κ2) is 12.6. The summed E-state index contributed by atoms with van der Waals surface area (Å²) in [5.41, 5.74) is 4.80. The molecule has 5 aromatic rings. The molecule has 2 N–H and O–H groups in total. The number of likely N-dealkylation sites (N-methyl/N-ethyl adjacent to an activating group) is 1. The summed E-state index contributed by atoms with van der Waals surface area (Å²) >= 11 is 13.6. The topological polar surface area (TPSA) is 142 Å². The van der Waals surface area contributed by atoms with Gasteiger partial charge in [-0.05, 0) is 62.0 Å². The maximum atomic E-state index is 17.1. The van der Waals surface area contributed by atoms with Crippen molar-refractivity contribution in [3.8, 4) is 23.2 Å². The summed E-state index contributed by atoms with van der Waals surface area (Å²) in [6, 6.07) is 5.53. The molecule has 3 saturated heterocycles. The van der Waals surface area contributed by atoms with E-state index in [1.165, 1.54) is 24.5 Å². The molecule has 270 valence electrons. The molecule has 0 bridgehead atoms. The molecule has 52 heavy (non-hydrogen) atoms. The van der Waals surface area contributed by atoms with Crippen LogP contribution in [0.3, 0.4) is 0 Å². The molecule has 3 atom stereocenters. The fourth-order valence-electron chi connectivity index (χ4n) is 7.99. The summed E-state index contributed by atoms with van der Waals surface area (Å²) in [4.78, 5) is 32.0. The average Bonchev–Trinajstić information content (AvgIpc) is 3.93. The number of carbonyl (C=O) groups is 1. The minimum absolute atomic E-state index is 0.0174. The summed E-state index contributed by atoms with van der Waals surface area (Å²) in [6.07, 6.45) is 2.73. The number of carbonyl (C=O) groups excluding carboxylic acids is 1. The Morgan fingerprint density at radius 3 is 2.81 bits per heavy atom. The average molecular weight is 772 g/mol. The Bertz CT molecular complexity index is 2330. The maximum Gasteiger partial charge on any atom is 0.346 e. The Kier molecular flexibility index (Phi) is 8.40. The summed E-state index contributed by atoms with van der Waals surface area (Å²) in [7, 11) is 1.65. The van der Waals surface area contributed by atoms with Crippen molar-refractivity contribution < 1.29 is 22.7 Å². The van der Waals surface area contributed by atoms with Crippen molar-refractivity contribution >= 4 is 72.4 Å². The van der Waals surface area contributed by atoms with E-state index in [-0.39, 0.29) is 72.1 Å². The summed E-state index contributed by atoms with van der Waals surface area (Å²) in [6.45, 7) is 3.80. The fraction of sp³-hybridized carbons (Fsp3) is 0.412. The third-order valence-electron chi connectivity index (χ3n) is 10.8. The summed E-state index contributed by atoms with van der Waals surface area (Å²) in [5.74, 6) is -1.12. The van der Waals surface area contributed by atoms with Crippen molar-refractivity contribution in [2.75, 3.05) is 50.5 Å². The van der Waals surface area contributed by atoms with E-state index in [1.54, 1.807) is 11.9 Å². The number of hydrogen-bond donors (Lipinski definition) is 1. The smallest absolute Gasteiger partial charge is 0.346 e. The number of nitrogens with zero attached hydrogens (tertiary/aromatic N) is 9. The van der Waals surface area contributed by atoms with Crippen LogP contribution in [-0.4, -0.2) is 97.6 Å². The zero-order chi connectivity index (χ0) is 36.7. The monoisotopic (exact) mass is 770 g/mol. The van der Waals surface area contributed by atoms with E-state index in [9.17, 15) is 18.8 Å². The molecule has 0 spiro atoms. The highest BCUT2D eigenvalue weighted by atomic mass is 35.5. The first-order valence-corrected chi connectivity index (χ1v) is 18.1. The van der Waals surface area contributed by atoms with E-state index in [1.807, 2.05) is 17.9 Å². The van der Waals surface area contributed by atoms with Gasteiger partial charge in [0.1, 0.15) is 47.3 Å². The Hall–Kier alpha value is -4.43. The van der Waals surface area contributed by atoms with Gasteiger partial charge in [0.25, 0.3) is 0 Å². The predicted octanol–water partition coefficient (Wildman–Crippen LogP) is 6.67. The molecule has 3 aliphatic rings. The zero-order valence-electron chi connectivity index (χ0n) is 28.0. The van der Waals surface area contributed by atoms with E-state index >= 15 is 4.39 Å². The molecule has 3 aromatic heterocycles. The summed E-state index contributed by atoms with van der Waals surface area (Å²) < 4.78 is 54.1. The standard InChI is InChI=1S/C34H31Cl2F3N10O2S/c1-33(46(2)32(50)49-16-42-30(36)45-49)7-9-47(14-33)29-19-10-21(35)24(18-4-5-22(38)27-23(18)20(12-40)28(41)52-27)25(39)26(19)43-31(44-29)51-15-34-6-3-8-48(34)13-17(37)11-34/h4-5,10,16-17H,3,6-9,11,13-15,41H2,1-2H3/t17-,33+,34+/m1/s1. The van der Waals surface area contributed by atoms with E-state index in [4.69, 9.17) is 38.7 Å². The number of nitriles is 1. The molecule has 0 aliphatic carbocycles. The number of anilines is 2. The van der Waals surface area contributed by atoms with Gasteiger partial charge in [0, 0.05) is 49.4 Å². The van der Waals surface area contributed by atoms with Crippen LogP contribution < -0.4 is 15.4 Å². The molecule has 12 nitrogen and oxygen atoms in total. The maximum absolute atomic E-state index is 17.1. The molecule has 18 heteroatoms. The van der Waals surface area contributed by atoms with Crippen molar-refractivity contribution in [1.29, 1.82) is 5.26 Å². The molecule has 3 fully saturated rings. The number of nitrogen functional groups attached to an aromatic ring is 1. The minimum Gasteiger partial charge on any atom is -0.461 e. The van der Waals surface area contributed by atoms with Crippen LogP contribution >= 0.6 is 34.5 Å². The van der Waals surface area contributed by atoms with Crippen LogP contribution in [0.25, 0.3) is 32.1 Å². The predicted molar refractivity (Wildman–Crippen MR) is 192 cm³/mol. The highest BCUT2D eigenvalue weighted by molar-refractivity contribution is 7.23. The molecular weight excluding hydrogens is 740 g/mol. The van der Waals surface area contributed by atoms with E-state index in [2.05, 4.69) is 20.0 Å². The third kappa shape index (κ3) is 5.48. The second-order valence-electron chi connectivity index (χ2n) is 13.9. The number of aromatic nitrogens is 5. The van der Waals surface area contributed by atoms with Crippen LogP contribution in [0.5, 0.6) is 6.01 Å². The second-order valence-corrected chi connectivity index (χ2v) is 15.7. The van der Waals surface area contributed by atoms with Crippen molar-refractivity contribution in [3.63, 3.8) is 0 Å². The van der Waals surface area contributed by atoms with Crippen LogP contribution in [0, 0.1) is 23.0 Å². The number of ether oxygens (including phenoxy) is 1. The lowest BCUT2D eigenvalue weighted by atomic mass is 9.95. The number of amides is 1. The Labute approximate surface area is 309 Å². The quantitative estimate of drug-likeness (QED) is 0.199. The van der Waals surface area contributed by atoms with Gasteiger partial charge in [0.15, 0.2) is 5.82 Å². The van der Waals surface area contributed by atoms with Crippen LogP contribution in [0.15, 0.2) is 24.5 Å². The normalized spacial score (nSPS) is 23.1. The lowest BCUT2D eigenvalue weighted by Crippen LogP contribution is -2.50. The van der Waals surface area contributed by atoms with Gasteiger partial charge < -0.3 is 20.3 Å². The third-order valence-corrected chi connectivity index (χ3v) is 12.3. The molecule has 2 aromatic carbocycles. The van der Waals surface area contributed by atoms with Crippen molar-refractivity contribution in [1.82, 2.24) is 34.5 Å². The number of alkyl halides is 1. The van der Waals surface area contributed by atoms with Gasteiger partial charge in [-0.25, -0.2) is 22.9 Å².